The quantitative estimate of drug-likeness (QED) is 0.716. The minimum absolute atomic E-state index is 0.281. The van der Waals surface area contributed by atoms with Crippen molar-refractivity contribution in [3.8, 4) is 0 Å². The Morgan fingerprint density at radius 1 is 1.47 bits per heavy atom. The molecule has 0 aliphatic rings. The van der Waals surface area contributed by atoms with Crippen molar-refractivity contribution in [3.63, 3.8) is 0 Å². The molecule has 1 atom stereocenters. The van der Waals surface area contributed by atoms with Gasteiger partial charge in [0.1, 0.15) is 0 Å². The molecule has 0 bridgehead atoms. The highest BCUT2D eigenvalue weighted by atomic mass is 32.1. The van der Waals surface area contributed by atoms with Crippen molar-refractivity contribution in [2.45, 2.75) is 12.5 Å². The number of nitrogen functional groups attached to an aromatic ring is 1. The molecular weight excluding hydrogens is 210 g/mol. The van der Waals surface area contributed by atoms with E-state index in [4.69, 9.17) is 11.5 Å². The van der Waals surface area contributed by atoms with Crippen LogP contribution >= 0.6 is 11.3 Å². The van der Waals surface area contributed by atoms with Crippen molar-refractivity contribution in [1.82, 2.24) is 4.98 Å². The third kappa shape index (κ3) is 2.26. The maximum Gasteiger partial charge on any atom is 0.181 e. The van der Waals surface area contributed by atoms with Crippen LogP contribution in [0.15, 0.2) is 18.2 Å². The lowest BCUT2D eigenvalue weighted by Crippen LogP contribution is -2.21. The van der Waals surface area contributed by atoms with Crippen molar-refractivity contribution in [1.29, 1.82) is 0 Å². The number of aromatic nitrogens is 1. The van der Waals surface area contributed by atoms with Crippen LogP contribution in [0.1, 0.15) is 5.56 Å². The second-order valence-corrected chi connectivity index (χ2v) is 4.51. The van der Waals surface area contributed by atoms with Crippen LogP contribution in [0.25, 0.3) is 10.2 Å². The van der Waals surface area contributed by atoms with Crippen LogP contribution in [-0.4, -0.2) is 22.7 Å². The standard InChI is InChI=1S/C10H13N3OS/c11-5-7(14)3-6-1-2-8-9(4-6)15-10(12)13-8/h1-2,4,7,14H,3,5,11H2,(H2,12,13). The average molecular weight is 223 g/mol. The molecule has 80 valence electrons. The molecule has 0 saturated carbocycles. The topological polar surface area (TPSA) is 85.2 Å². The number of benzene rings is 1. The maximum absolute atomic E-state index is 9.43. The number of hydrogen-bond acceptors (Lipinski definition) is 5. The van der Waals surface area contributed by atoms with Crippen LogP contribution in [0.3, 0.4) is 0 Å². The Morgan fingerprint density at radius 3 is 3.00 bits per heavy atom. The summed E-state index contributed by atoms with van der Waals surface area (Å²) in [7, 11) is 0. The van der Waals surface area contributed by atoms with Gasteiger partial charge in [-0.05, 0) is 24.1 Å². The van der Waals surface area contributed by atoms with E-state index in [9.17, 15) is 5.11 Å². The minimum Gasteiger partial charge on any atom is -0.391 e. The Kier molecular flexibility index (Phi) is 2.86. The molecule has 5 N–H and O–H groups in total. The minimum atomic E-state index is -0.479. The van der Waals surface area contributed by atoms with E-state index >= 15 is 0 Å². The van der Waals surface area contributed by atoms with Gasteiger partial charge in [0.05, 0.1) is 16.3 Å². The monoisotopic (exact) mass is 223 g/mol. The van der Waals surface area contributed by atoms with E-state index in [1.54, 1.807) is 0 Å². The smallest absolute Gasteiger partial charge is 0.181 e. The molecule has 4 nitrogen and oxygen atoms in total. The SMILES string of the molecule is NCC(O)Cc1ccc2nc(N)sc2c1. The summed E-state index contributed by atoms with van der Waals surface area (Å²) >= 11 is 1.45. The molecule has 1 heterocycles. The molecule has 15 heavy (non-hydrogen) atoms. The van der Waals surface area contributed by atoms with E-state index in [1.165, 1.54) is 11.3 Å². The number of thiazole rings is 1. The van der Waals surface area contributed by atoms with Gasteiger partial charge < -0.3 is 16.6 Å². The first kappa shape index (κ1) is 10.4. The van der Waals surface area contributed by atoms with Gasteiger partial charge in [-0.15, -0.1) is 0 Å². The third-order valence-corrected chi connectivity index (χ3v) is 3.06. The van der Waals surface area contributed by atoms with Gasteiger partial charge in [0.25, 0.3) is 0 Å². The fraction of sp³-hybridized carbons (Fsp3) is 0.300. The van der Waals surface area contributed by atoms with Crippen LogP contribution in [0.5, 0.6) is 0 Å². The molecule has 1 aromatic heterocycles. The molecule has 5 heteroatoms. The number of nitrogens with two attached hydrogens (primary N) is 2. The molecule has 0 saturated heterocycles. The Hall–Kier alpha value is -1.17. The van der Waals surface area contributed by atoms with Gasteiger partial charge in [-0.2, -0.15) is 0 Å². The van der Waals surface area contributed by atoms with Crippen molar-refractivity contribution < 1.29 is 5.11 Å². The summed E-state index contributed by atoms with van der Waals surface area (Å²) < 4.78 is 1.05. The van der Waals surface area contributed by atoms with E-state index < -0.39 is 6.10 Å². The predicted octanol–water partition coefficient (Wildman–Crippen LogP) is 0.741. The second kappa shape index (κ2) is 4.14. The van der Waals surface area contributed by atoms with Crippen LogP contribution < -0.4 is 11.5 Å². The average Bonchev–Trinajstić information content (AvgIpc) is 2.57. The molecule has 1 unspecified atom stereocenters. The van der Waals surface area contributed by atoms with Gasteiger partial charge in [-0.3, -0.25) is 0 Å². The van der Waals surface area contributed by atoms with Crippen molar-refractivity contribution in [3.05, 3.63) is 23.8 Å². The van der Waals surface area contributed by atoms with Gasteiger partial charge in [0.2, 0.25) is 0 Å². The first-order valence-electron chi connectivity index (χ1n) is 4.72. The van der Waals surface area contributed by atoms with E-state index in [2.05, 4.69) is 4.98 Å². The molecule has 0 spiro atoms. The first-order valence-corrected chi connectivity index (χ1v) is 5.54. The van der Waals surface area contributed by atoms with Crippen LogP contribution in [0.2, 0.25) is 0 Å². The van der Waals surface area contributed by atoms with Crippen molar-refractivity contribution in [2.75, 3.05) is 12.3 Å². The van der Waals surface area contributed by atoms with Gasteiger partial charge in [0.15, 0.2) is 5.13 Å². The Balaban J connectivity index is 2.30. The zero-order valence-corrected chi connectivity index (χ0v) is 9.00. The Bertz CT molecular complexity index is 469. The summed E-state index contributed by atoms with van der Waals surface area (Å²) in [6, 6.07) is 5.86. The summed E-state index contributed by atoms with van der Waals surface area (Å²) in [4.78, 5) is 4.16. The van der Waals surface area contributed by atoms with Gasteiger partial charge in [-0.1, -0.05) is 17.4 Å². The summed E-state index contributed by atoms with van der Waals surface area (Å²) in [5.74, 6) is 0. The lowest BCUT2D eigenvalue weighted by Gasteiger charge is -2.06. The van der Waals surface area contributed by atoms with Gasteiger partial charge in [-0.25, -0.2) is 4.98 Å². The molecule has 0 radical (unpaired) electrons. The van der Waals surface area contributed by atoms with E-state index in [0.717, 1.165) is 15.8 Å². The molecule has 0 amide bonds. The van der Waals surface area contributed by atoms with Gasteiger partial charge >= 0.3 is 0 Å². The molecule has 2 aromatic rings. The summed E-state index contributed by atoms with van der Waals surface area (Å²) in [5, 5.41) is 10.00. The van der Waals surface area contributed by atoms with Crippen molar-refractivity contribution >= 4 is 26.7 Å². The van der Waals surface area contributed by atoms with Crippen molar-refractivity contribution in [2.24, 2.45) is 5.73 Å². The number of fused-ring (bicyclic) bond motifs is 1. The number of rotatable bonds is 3. The molecule has 0 aliphatic carbocycles. The van der Waals surface area contributed by atoms with E-state index in [-0.39, 0.29) is 6.54 Å². The lowest BCUT2D eigenvalue weighted by atomic mass is 10.1. The lowest BCUT2D eigenvalue weighted by molar-refractivity contribution is 0.183. The highest BCUT2D eigenvalue weighted by Gasteiger charge is 2.06. The zero-order valence-electron chi connectivity index (χ0n) is 8.18. The van der Waals surface area contributed by atoms with E-state index in [1.807, 2.05) is 18.2 Å². The highest BCUT2D eigenvalue weighted by Crippen LogP contribution is 2.24. The first-order chi connectivity index (χ1) is 7.19. The number of aliphatic hydroxyl groups excluding tert-OH is 1. The zero-order chi connectivity index (χ0) is 10.8. The van der Waals surface area contributed by atoms with Gasteiger partial charge in [0, 0.05) is 6.54 Å². The number of aliphatic hydroxyl groups is 1. The maximum atomic E-state index is 9.43. The Morgan fingerprint density at radius 2 is 2.27 bits per heavy atom. The molecule has 1 aromatic carbocycles. The highest BCUT2D eigenvalue weighted by molar-refractivity contribution is 7.22. The fourth-order valence-electron chi connectivity index (χ4n) is 1.47. The predicted molar refractivity (Wildman–Crippen MR) is 62.8 cm³/mol. The molecule has 2 rings (SSSR count). The van der Waals surface area contributed by atoms with Crippen LogP contribution in [0.4, 0.5) is 5.13 Å². The fourth-order valence-corrected chi connectivity index (χ4v) is 2.27. The Labute approximate surface area is 91.5 Å². The van der Waals surface area contributed by atoms with Crippen LogP contribution in [-0.2, 0) is 6.42 Å². The van der Waals surface area contributed by atoms with E-state index in [0.29, 0.717) is 11.6 Å². The number of hydrogen-bond donors (Lipinski definition) is 3. The largest absolute Gasteiger partial charge is 0.391 e. The number of nitrogens with zero attached hydrogens (tertiary/aromatic N) is 1. The summed E-state index contributed by atoms with van der Waals surface area (Å²) in [5.41, 5.74) is 12.9. The molecule has 0 aliphatic heterocycles. The van der Waals surface area contributed by atoms with Crippen LogP contribution in [0, 0.1) is 0 Å². The second-order valence-electron chi connectivity index (χ2n) is 3.45. The molecular formula is C10H13N3OS. The third-order valence-electron chi connectivity index (χ3n) is 2.21. The number of anilines is 1. The summed E-state index contributed by atoms with van der Waals surface area (Å²) in [6.07, 6.45) is 0.0947. The molecule has 0 fully saturated rings. The summed E-state index contributed by atoms with van der Waals surface area (Å²) in [6.45, 7) is 0.281. The normalized spacial score (nSPS) is 13.2.